The van der Waals surface area contributed by atoms with E-state index in [0.29, 0.717) is 0 Å². The summed E-state index contributed by atoms with van der Waals surface area (Å²) in [5.41, 5.74) is 0. The summed E-state index contributed by atoms with van der Waals surface area (Å²) in [7, 11) is 1.61. The summed E-state index contributed by atoms with van der Waals surface area (Å²) in [6, 6.07) is 0. The van der Waals surface area contributed by atoms with Crippen LogP contribution in [0.4, 0.5) is 0 Å². The molecular weight excluding hydrogens is 110 g/mol. The van der Waals surface area contributed by atoms with Crippen molar-refractivity contribution in [3.05, 3.63) is 0 Å². The van der Waals surface area contributed by atoms with Gasteiger partial charge in [0.15, 0.2) is 0 Å². The Morgan fingerprint density at radius 3 is 1.50 bits per heavy atom. The van der Waals surface area contributed by atoms with Crippen molar-refractivity contribution >= 4 is 17.2 Å². The first-order valence-corrected chi connectivity index (χ1v) is 6.41. The SMILES string of the molecule is C[PH2+]CC[PH2+]C. The zero-order valence-corrected chi connectivity index (χ0v) is 6.88. The maximum absolute atomic E-state index is 2.33. The van der Waals surface area contributed by atoms with Crippen LogP contribution in [0.25, 0.3) is 0 Å². The smallest absolute Gasteiger partial charge is 0.0123 e. The molecule has 0 aliphatic rings. The van der Waals surface area contributed by atoms with Gasteiger partial charge < -0.3 is 0 Å². The third-order valence-corrected chi connectivity index (χ3v) is 3.23. The molecule has 38 valence electrons. The Balaban J connectivity index is 2.34. The van der Waals surface area contributed by atoms with Gasteiger partial charge in [-0.3, -0.25) is 0 Å². The van der Waals surface area contributed by atoms with Crippen LogP contribution in [-0.4, -0.2) is 25.7 Å². The Bertz CT molecular complexity index is 17.5. The van der Waals surface area contributed by atoms with E-state index < -0.39 is 0 Å². The van der Waals surface area contributed by atoms with Gasteiger partial charge in [0.25, 0.3) is 0 Å². The van der Waals surface area contributed by atoms with Gasteiger partial charge in [0.05, 0.1) is 12.3 Å². The monoisotopic (exact) mass is 124 g/mol. The van der Waals surface area contributed by atoms with Crippen molar-refractivity contribution in [2.45, 2.75) is 0 Å². The second-order valence-electron chi connectivity index (χ2n) is 1.39. The molecule has 0 spiro atoms. The summed E-state index contributed by atoms with van der Waals surface area (Å²) in [5.74, 6) is 0. The fourth-order valence-electron chi connectivity index (χ4n) is 0.333. The molecule has 0 heterocycles. The lowest BCUT2D eigenvalue weighted by atomic mass is 11.0. The van der Waals surface area contributed by atoms with Crippen molar-refractivity contribution in [2.24, 2.45) is 0 Å². The van der Waals surface area contributed by atoms with Gasteiger partial charge >= 0.3 is 0 Å². The van der Waals surface area contributed by atoms with Gasteiger partial charge in [-0.05, 0) is 17.2 Å². The highest BCUT2D eigenvalue weighted by Gasteiger charge is 1.85. The summed E-state index contributed by atoms with van der Waals surface area (Å²) in [4.78, 5) is 0. The highest BCUT2D eigenvalue weighted by molar-refractivity contribution is 7.41. The van der Waals surface area contributed by atoms with Crippen LogP contribution >= 0.6 is 17.2 Å². The van der Waals surface area contributed by atoms with E-state index in [-0.39, 0.29) is 0 Å². The summed E-state index contributed by atoms with van der Waals surface area (Å²) in [6.07, 6.45) is 3.07. The Kier molecular flexibility index (Phi) is 6.70. The zero-order valence-electron chi connectivity index (χ0n) is 4.57. The highest BCUT2D eigenvalue weighted by atomic mass is 31.1. The molecule has 6 heavy (non-hydrogen) atoms. The van der Waals surface area contributed by atoms with Crippen molar-refractivity contribution in [2.75, 3.05) is 25.7 Å². The quantitative estimate of drug-likeness (QED) is 0.390. The van der Waals surface area contributed by atoms with E-state index >= 15 is 0 Å². The second kappa shape index (κ2) is 5.86. The lowest BCUT2D eigenvalue weighted by Gasteiger charge is -1.75. The Morgan fingerprint density at radius 1 is 1.00 bits per heavy atom. The van der Waals surface area contributed by atoms with E-state index in [9.17, 15) is 0 Å². The average Bonchev–Trinajstić information content (AvgIpc) is 1.61. The van der Waals surface area contributed by atoms with Crippen LogP contribution in [0.3, 0.4) is 0 Å². The predicted molar refractivity (Wildman–Crippen MR) is 41.0 cm³/mol. The minimum absolute atomic E-state index is 0.805. The van der Waals surface area contributed by atoms with Crippen LogP contribution < -0.4 is 0 Å². The summed E-state index contributed by atoms with van der Waals surface area (Å²) in [6.45, 7) is 4.66. The fraction of sp³-hybridized carbons (Fsp3) is 1.00. The van der Waals surface area contributed by atoms with Crippen LogP contribution in [0.1, 0.15) is 0 Å². The van der Waals surface area contributed by atoms with E-state index in [4.69, 9.17) is 0 Å². The molecule has 0 amide bonds. The third-order valence-electron chi connectivity index (χ3n) is 0.744. The normalized spacial score (nSPS) is 13.0. The third kappa shape index (κ3) is 4.86. The minimum atomic E-state index is 0.805. The molecule has 0 saturated carbocycles. The first kappa shape index (κ1) is 6.86. The molecule has 2 unspecified atom stereocenters. The molecule has 0 rings (SSSR count). The van der Waals surface area contributed by atoms with E-state index in [1.807, 2.05) is 0 Å². The van der Waals surface area contributed by atoms with Gasteiger partial charge in [-0.25, -0.2) is 0 Å². The van der Waals surface area contributed by atoms with Crippen LogP contribution in [0.5, 0.6) is 0 Å². The lowest BCUT2D eigenvalue weighted by molar-refractivity contribution is 1.53. The van der Waals surface area contributed by atoms with Gasteiger partial charge in [-0.15, -0.1) is 0 Å². The molecule has 0 aliphatic carbocycles. The molecule has 0 fully saturated rings. The van der Waals surface area contributed by atoms with E-state index in [1.165, 1.54) is 12.3 Å². The molecule has 0 bridgehead atoms. The van der Waals surface area contributed by atoms with Crippen molar-refractivity contribution < 1.29 is 0 Å². The first-order chi connectivity index (χ1) is 2.91. The molecule has 0 aliphatic heterocycles. The minimum Gasteiger partial charge on any atom is -0.0123 e. The standard InChI is InChI=1S/C4H12P2/c1-5-3-4-6-2/h5-6H,3-4H2,1-2H3/p+2. The van der Waals surface area contributed by atoms with Crippen LogP contribution in [0.15, 0.2) is 0 Å². The van der Waals surface area contributed by atoms with Crippen LogP contribution in [-0.2, 0) is 0 Å². The fourth-order valence-corrected chi connectivity index (χ4v) is 3.00. The summed E-state index contributed by atoms with van der Waals surface area (Å²) < 4.78 is 0. The lowest BCUT2D eigenvalue weighted by Crippen LogP contribution is -1.72. The summed E-state index contributed by atoms with van der Waals surface area (Å²) >= 11 is 0. The van der Waals surface area contributed by atoms with E-state index in [0.717, 1.165) is 17.2 Å². The van der Waals surface area contributed by atoms with E-state index in [1.54, 1.807) is 0 Å². The molecule has 0 radical (unpaired) electrons. The predicted octanol–water partition coefficient (Wildman–Crippen LogP) is 1.07. The summed E-state index contributed by atoms with van der Waals surface area (Å²) in [5, 5.41) is 0. The number of rotatable bonds is 3. The Morgan fingerprint density at radius 2 is 1.33 bits per heavy atom. The number of hydrogen-bond donors (Lipinski definition) is 0. The van der Waals surface area contributed by atoms with Gasteiger partial charge in [-0.1, -0.05) is 0 Å². The number of hydrogen-bond acceptors (Lipinski definition) is 0. The Labute approximate surface area is 43.7 Å². The van der Waals surface area contributed by atoms with Crippen molar-refractivity contribution in [3.63, 3.8) is 0 Å². The molecule has 0 aromatic carbocycles. The molecule has 0 aromatic heterocycles. The molecule has 0 saturated heterocycles. The van der Waals surface area contributed by atoms with E-state index in [2.05, 4.69) is 13.3 Å². The zero-order chi connectivity index (χ0) is 4.83. The van der Waals surface area contributed by atoms with Gasteiger partial charge in [0.1, 0.15) is 0 Å². The second-order valence-corrected chi connectivity index (χ2v) is 4.18. The molecular formula is C4H14P2+2. The highest BCUT2D eigenvalue weighted by Crippen LogP contribution is 2.08. The van der Waals surface area contributed by atoms with Crippen molar-refractivity contribution in [1.82, 2.24) is 0 Å². The average molecular weight is 124 g/mol. The molecule has 0 N–H and O–H groups in total. The van der Waals surface area contributed by atoms with Crippen molar-refractivity contribution in [1.29, 1.82) is 0 Å². The topological polar surface area (TPSA) is 0 Å². The Hall–Kier alpha value is 0.860. The van der Waals surface area contributed by atoms with Crippen molar-refractivity contribution in [3.8, 4) is 0 Å². The van der Waals surface area contributed by atoms with Gasteiger partial charge in [0, 0.05) is 13.3 Å². The molecule has 2 atom stereocenters. The first-order valence-electron chi connectivity index (χ1n) is 2.47. The largest absolute Gasteiger partial charge is 0.0877 e. The van der Waals surface area contributed by atoms with Crippen LogP contribution in [0.2, 0.25) is 0 Å². The van der Waals surface area contributed by atoms with Gasteiger partial charge in [-0.2, -0.15) is 0 Å². The maximum Gasteiger partial charge on any atom is 0.0877 e. The van der Waals surface area contributed by atoms with Crippen LogP contribution in [0, 0.1) is 0 Å². The molecule has 2 heteroatoms. The molecule has 0 aromatic rings. The van der Waals surface area contributed by atoms with Gasteiger partial charge in [0.2, 0.25) is 0 Å². The molecule has 0 nitrogen and oxygen atoms in total. The maximum atomic E-state index is 2.33.